The fraction of sp³-hybridized carbons (Fsp3) is 0.714. The molecule has 1 aliphatic rings. The second-order valence-corrected chi connectivity index (χ2v) is 6.07. The Morgan fingerprint density at radius 3 is 2.94 bits per heavy atom. The van der Waals surface area contributed by atoms with Gasteiger partial charge in [0.1, 0.15) is 0 Å². The van der Waals surface area contributed by atoms with Crippen molar-refractivity contribution in [1.82, 2.24) is 0 Å². The predicted molar refractivity (Wildman–Crippen MR) is 72.0 cm³/mol. The lowest BCUT2D eigenvalue weighted by Crippen LogP contribution is -2.08. The van der Waals surface area contributed by atoms with Crippen LogP contribution in [0, 0.1) is 0 Å². The second kappa shape index (κ2) is 5.83. The molecule has 0 spiro atoms. The van der Waals surface area contributed by atoms with Gasteiger partial charge in [0.2, 0.25) is 0 Å². The van der Waals surface area contributed by atoms with Crippen LogP contribution < -0.4 is 5.73 Å². The van der Waals surface area contributed by atoms with Gasteiger partial charge < -0.3 is 5.73 Å². The van der Waals surface area contributed by atoms with Crippen molar-refractivity contribution in [3.8, 4) is 0 Å². The topological polar surface area (TPSA) is 26.0 Å². The van der Waals surface area contributed by atoms with Crippen LogP contribution in [0.2, 0.25) is 0 Å². The fourth-order valence-corrected chi connectivity index (χ4v) is 3.76. The molecule has 0 saturated carbocycles. The lowest BCUT2D eigenvalue weighted by atomic mass is 10.1. The molecule has 1 heterocycles. The highest BCUT2D eigenvalue weighted by atomic mass is 32.1. The number of hydrogen-bond donors (Lipinski definition) is 1. The molecule has 2 N–H and O–H groups in total. The van der Waals surface area contributed by atoms with Gasteiger partial charge >= 0.3 is 0 Å². The molecule has 2 rings (SSSR count). The Balaban J connectivity index is 1.81. The van der Waals surface area contributed by atoms with E-state index in [-0.39, 0.29) is 0 Å². The molecule has 0 saturated heterocycles. The van der Waals surface area contributed by atoms with E-state index in [9.17, 15) is 0 Å². The van der Waals surface area contributed by atoms with Crippen LogP contribution in [0.1, 0.15) is 66.8 Å². The molecule has 1 aromatic heterocycles. The summed E-state index contributed by atoms with van der Waals surface area (Å²) in [6, 6.07) is 2.67. The van der Waals surface area contributed by atoms with E-state index in [4.69, 9.17) is 5.73 Å². The summed E-state index contributed by atoms with van der Waals surface area (Å²) in [5.41, 5.74) is 7.84. The zero-order valence-electron chi connectivity index (χ0n) is 10.3. The zero-order chi connectivity index (χ0) is 11.4. The minimum atomic E-state index is 0.299. The molecule has 0 amide bonds. The molecular weight excluding hydrogens is 214 g/mol. The molecule has 1 aliphatic carbocycles. The van der Waals surface area contributed by atoms with E-state index in [1.165, 1.54) is 56.2 Å². The minimum absolute atomic E-state index is 0.299. The van der Waals surface area contributed by atoms with Crippen LogP contribution in [0.3, 0.4) is 0 Å². The lowest BCUT2D eigenvalue weighted by molar-refractivity contribution is 0.571. The molecule has 1 nitrogen and oxygen atoms in total. The van der Waals surface area contributed by atoms with Crippen molar-refractivity contribution in [2.75, 3.05) is 0 Å². The van der Waals surface area contributed by atoms with Crippen molar-refractivity contribution in [3.05, 3.63) is 21.4 Å². The third-order valence-electron chi connectivity index (χ3n) is 3.50. The third kappa shape index (κ3) is 2.86. The van der Waals surface area contributed by atoms with Crippen molar-refractivity contribution in [2.45, 2.75) is 64.3 Å². The lowest BCUT2D eigenvalue weighted by Gasteiger charge is -2.09. The minimum Gasteiger partial charge on any atom is -0.323 e. The number of unbranched alkanes of at least 4 members (excludes halogenated alkanes) is 3. The summed E-state index contributed by atoms with van der Waals surface area (Å²) < 4.78 is 0. The molecule has 1 atom stereocenters. The second-order valence-electron chi connectivity index (χ2n) is 4.91. The highest BCUT2D eigenvalue weighted by Gasteiger charge is 2.17. The van der Waals surface area contributed by atoms with Crippen LogP contribution >= 0.6 is 11.3 Å². The van der Waals surface area contributed by atoms with E-state index in [1.807, 2.05) is 11.3 Å². The van der Waals surface area contributed by atoms with Gasteiger partial charge in [-0.2, -0.15) is 0 Å². The maximum atomic E-state index is 6.25. The maximum absolute atomic E-state index is 6.25. The Kier molecular flexibility index (Phi) is 4.42. The molecular formula is C14H23NS. The van der Waals surface area contributed by atoms with E-state index >= 15 is 0 Å². The van der Waals surface area contributed by atoms with Crippen molar-refractivity contribution < 1.29 is 0 Å². The van der Waals surface area contributed by atoms with Crippen LogP contribution in [0.5, 0.6) is 0 Å². The van der Waals surface area contributed by atoms with Crippen molar-refractivity contribution in [3.63, 3.8) is 0 Å². The number of thiophene rings is 1. The summed E-state index contributed by atoms with van der Waals surface area (Å²) in [7, 11) is 0. The number of nitrogens with two attached hydrogens (primary N) is 1. The average molecular weight is 237 g/mol. The highest BCUT2D eigenvalue weighted by molar-refractivity contribution is 7.12. The first kappa shape index (κ1) is 12.1. The Bertz CT molecular complexity index is 308. The van der Waals surface area contributed by atoms with Crippen molar-refractivity contribution >= 4 is 11.3 Å². The van der Waals surface area contributed by atoms with E-state index in [0.717, 1.165) is 0 Å². The quantitative estimate of drug-likeness (QED) is 0.737. The molecule has 1 unspecified atom stereocenters. The van der Waals surface area contributed by atoms with Crippen LogP contribution in [0.4, 0.5) is 0 Å². The van der Waals surface area contributed by atoms with Gasteiger partial charge in [-0.15, -0.1) is 11.3 Å². The monoisotopic (exact) mass is 237 g/mol. The number of aryl methyl sites for hydroxylation is 2. The first-order chi connectivity index (χ1) is 7.81. The molecule has 2 heteroatoms. The van der Waals surface area contributed by atoms with Crippen LogP contribution in [0.15, 0.2) is 6.07 Å². The van der Waals surface area contributed by atoms with Gasteiger partial charge in [-0.05, 0) is 37.3 Å². The van der Waals surface area contributed by atoms with Gasteiger partial charge in [-0.25, -0.2) is 0 Å². The van der Waals surface area contributed by atoms with Crippen molar-refractivity contribution in [2.24, 2.45) is 5.73 Å². The Morgan fingerprint density at radius 1 is 1.31 bits per heavy atom. The maximum Gasteiger partial charge on any atom is 0.0389 e. The number of fused-ring (bicyclic) bond motifs is 1. The van der Waals surface area contributed by atoms with E-state index < -0.39 is 0 Å². The molecule has 0 aromatic carbocycles. The standard InChI is InChI=1S/C14H23NS/c1-2-3-4-5-8-12(15)14-10-11-7-6-9-13(11)16-14/h10,12H,2-9,15H2,1H3. The van der Waals surface area contributed by atoms with Gasteiger partial charge in [0.25, 0.3) is 0 Å². The van der Waals surface area contributed by atoms with Gasteiger partial charge in [0, 0.05) is 15.8 Å². The fourth-order valence-electron chi connectivity index (χ4n) is 2.47. The molecule has 0 fully saturated rings. The SMILES string of the molecule is CCCCCCC(N)c1cc2c(s1)CCC2. The summed E-state index contributed by atoms with van der Waals surface area (Å²) in [4.78, 5) is 3.04. The number of hydrogen-bond acceptors (Lipinski definition) is 2. The normalized spacial score (nSPS) is 16.4. The van der Waals surface area contributed by atoms with Crippen LogP contribution in [-0.4, -0.2) is 0 Å². The Morgan fingerprint density at radius 2 is 2.19 bits per heavy atom. The largest absolute Gasteiger partial charge is 0.323 e. The summed E-state index contributed by atoms with van der Waals surface area (Å²) >= 11 is 1.97. The summed E-state index contributed by atoms with van der Waals surface area (Å²) in [6.07, 6.45) is 10.4. The first-order valence-corrected chi connectivity index (χ1v) is 7.50. The smallest absolute Gasteiger partial charge is 0.0389 e. The Labute approximate surface area is 103 Å². The highest BCUT2D eigenvalue weighted by Crippen LogP contribution is 2.34. The number of rotatable bonds is 6. The zero-order valence-corrected chi connectivity index (χ0v) is 11.1. The van der Waals surface area contributed by atoms with E-state index in [1.54, 1.807) is 10.4 Å². The van der Waals surface area contributed by atoms with Gasteiger partial charge in [0.15, 0.2) is 0 Å². The molecule has 1 aromatic rings. The third-order valence-corrected chi connectivity index (χ3v) is 4.87. The van der Waals surface area contributed by atoms with Crippen molar-refractivity contribution in [1.29, 1.82) is 0 Å². The van der Waals surface area contributed by atoms with Gasteiger partial charge in [0.05, 0.1) is 0 Å². The molecule has 0 aliphatic heterocycles. The Hall–Kier alpha value is -0.340. The van der Waals surface area contributed by atoms with Gasteiger partial charge in [-0.1, -0.05) is 32.6 Å². The van der Waals surface area contributed by atoms with Gasteiger partial charge in [-0.3, -0.25) is 0 Å². The van der Waals surface area contributed by atoms with E-state index in [0.29, 0.717) is 6.04 Å². The molecule has 16 heavy (non-hydrogen) atoms. The molecule has 0 radical (unpaired) electrons. The summed E-state index contributed by atoms with van der Waals surface area (Å²) in [6.45, 7) is 2.25. The summed E-state index contributed by atoms with van der Waals surface area (Å²) in [5, 5.41) is 0. The first-order valence-electron chi connectivity index (χ1n) is 6.68. The average Bonchev–Trinajstić information content (AvgIpc) is 2.83. The predicted octanol–water partition coefficient (Wildman–Crippen LogP) is 4.21. The van der Waals surface area contributed by atoms with Crippen LogP contribution in [0.25, 0.3) is 0 Å². The van der Waals surface area contributed by atoms with Crippen LogP contribution in [-0.2, 0) is 12.8 Å². The van der Waals surface area contributed by atoms with E-state index in [2.05, 4.69) is 13.0 Å². The molecule has 0 bridgehead atoms. The molecule has 90 valence electrons. The summed E-state index contributed by atoms with van der Waals surface area (Å²) in [5.74, 6) is 0.